The number of hydrogen-bond donors (Lipinski definition) is 3. The van der Waals surface area contributed by atoms with Gasteiger partial charge >= 0.3 is 0 Å². The van der Waals surface area contributed by atoms with Crippen molar-refractivity contribution in [3.05, 3.63) is 30.3 Å². The molecule has 1 aromatic carbocycles. The molecule has 0 aliphatic rings. The molecule has 5 N–H and O–H groups in total. The molecule has 106 valence electrons. The van der Waals surface area contributed by atoms with E-state index in [1.54, 1.807) is 0 Å². The zero-order chi connectivity index (χ0) is 13.4. The molecule has 2 amide bonds. The predicted octanol–water partition coefficient (Wildman–Crippen LogP) is -0.194. The van der Waals surface area contributed by atoms with Gasteiger partial charge in [-0.3, -0.25) is 9.59 Å². The molecule has 0 heterocycles. The van der Waals surface area contributed by atoms with E-state index >= 15 is 0 Å². The van der Waals surface area contributed by atoms with E-state index in [9.17, 15) is 9.59 Å². The predicted molar refractivity (Wildman–Crippen MR) is 74.0 cm³/mol. The summed E-state index contributed by atoms with van der Waals surface area (Å²) in [5, 5.41) is 2.56. The molecule has 0 aliphatic carbocycles. The Hall–Kier alpha value is -1.79. The third kappa shape index (κ3) is 7.28. The molecule has 0 saturated heterocycles. The zero-order valence-corrected chi connectivity index (χ0v) is 11.2. The van der Waals surface area contributed by atoms with Crippen molar-refractivity contribution in [3.8, 4) is 5.75 Å². The van der Waals surface area contributed by atoms with E-state index in [0.29, 0.717) is 13.2 Å². The van der Waals surface area contributed by atoms with Gasteiger partial charge in [0.15, 0.2) is 0 Å². The number of nitrogens with one attached hydrogen (secondary N) is 1. The van der Waals surface area contributed by atoms with Crippen LogP contribution < -0.4 is 21.5 Å². The molecule has 0 spiro atoms. The summed E-state index contributed by atoms with van der Waals surface area (Å²) in [5.41, 5.74) is 10.4. The molecular weight excluding hydrogens is 270 g/mol. The van der Waals surface area contributed by atoms with Crippen molar-refractivity contribution in [1.82, 2.24) is 5.32 Å². The minimum absolute atomic E-state index is 0. The molecule has 19 heavy (non-hydrogen) atoms. The fraction of sp³-hybridized carbons (Fsp3) is 0.333. The first-order chi connectivity index (χ1) is 8.59. The number of primary amides is 1. The van der Waals surface area contributed by atoms with Crippen molar-refractivity contribution in [3.63, 3.8) is 0 Å². The number of carbonyl (C=O) groups excluding carboxylic acids is 2. The first-order valence-corrected chi connectivity index (χ1v) is 5.59. The average molecular weight is 288 g/mol. The first-order valence-electron chi connectivity index (χ1n) is 5.59. The Morgan fingerprint density at radius 2 is 1.89 bits per heavy atom. The fourth-order valence-electron chi connectivity index (χ4n) is 1.30. The fourth-order valence-corrected chi connectivity index (χ4v) is 1.30. The van der Waals surface area contributed by atoms with Gasteiger partial charge in [-0.15, -0.1) is 12.4 Å². The van der Waals surface area contributed by atoms with Crippen LogP contribution in [0.1, 0.15) is 6.42 Å². The maximum atomic E-state index is 11.4. The van der Waals surface area contributed by atoms with Crippen LogP contribution in [0, 0.1) is 0 Å². The van der Waals surface area contributed by atoms with Crippen LogP contribution in [0.5, 0.6) is 5.75 Å². The number of hydrogen-bond acceptors (Lipinski definition) is 4. The standard InChI is InChI=1S/C12H17N3O3.ClH/c13-10(8-11(14)16)12(17)15-6-7-18-9-4-2-1-3-5-9;/h1-5,10H,6-8,13H2,(H2,14,16)(H,15,17);1H. The highest BCUT2D eigenvalue weighted by Gasteiger charge is 2.14. The van der Waals surface area contributed by atoms with E-state index in [1.165, 1.54) is 0 Å². The third-order valence-electron chi connectivity index (χ3n) is 2.17. The second-order valence-corrected chi connectivity index (χ2v) is 3.73. The quantitative estimate of drug-likeness (QED) is 0.604. The van der Waals surface area contributed by atoms with Gasteiger partial charge in [0.2, 0.25) is 11.8 Å². The second-order valence-electron chi connectivity index (χ2n) is 3.73. The van der Waals surface area contributed by atoms with E-state index in [2.05, 4.69) is 5.32 Å². The summed E-state index contributed by atoms with van der Waals surface area (Å²) in [6.45, 7) is 0.652. The molecule has 7 heteroatoms. The summed E-state index contributed by atoms with van der Waals surface area (Å²) in [4.78, 5) is 22.0. The van der Waals surface area contributed by atoms with Crippen LogP contribution in [0.3, 0.4) is 0 Å². The summed E-state index contributed by atoms with van der Waals surface area (Å²) < 4.78 is 5.37. The Kier molecular flexibility index (Phi) is 8.32. The van der Waals surface area contributed by atoms with Crippen LogP contribution in [0.15, 0.2) is 30.3 Å². The number of benzene rings is 1. The van der Waals surface area contributed by atoms with Gasteiger partial charge in [0, 0.05) is 0 Å². The SMILES string of the molecule is Cl.NC(=O)CC(N)C(=O)NCCOc1ccccc1. The molecule has 0 radical (unpaired) electrons. The lowest BCUT2D eigenvalue weighted by atomic mass is 10.2. The van der Waals surface area contributed by atoms with Crippen LogP contribution in [0.25, 0.3) is 0 Å². The summed E-state index contributed by atoms with van der Waals surface area (Å²) in [6, 6.07) is 8.34. The highest BCUT2D eigenvalue weighted by atomic mass is 35.5. The van der Waals surface area contributed by atoms with Gasteiger partial charge in [-0.25, -0.2) is 0 Å². The Bertz CT molecular complexity index is 400. The van der Waals surface area contributed by atoms with Crippen LogP contribution in [0.2, 0.25) is 0 Å². The van der Waals surface area contributed by atoms with Gasteiger partial charge in [-0.05, 0) is 12.1 Å². The molecule has 1 unspecified atom stereocenters. The smallest absolute Gasteiger partial charge is 0.237 e. The Labute approximate surface area is 117 Å². The molecule has 1 atom stereocenters. The van der Waals surface area contributed by atoms with Crippen LogP contribution in [-0.4, -0.2) is 31.0 Å². The van der Waals surface area contributed by atoms with E-state index in [4.69, 9.17) is 16.2 Å². The largest absolute Gasteiger partial charge is 0.492 e. The molecule has 1 aromatic rings. The topological polar surface area (TPSA) is 107 Å². The van der Waals surface area contributed by atoms with Crippen molar-refractivity contribution in [2.24, 2.45) is 11.5 Å². The van der Waals surface area contributed by atoms with Gasteiger partial charge < -0.3 is 21.5 Å². The number of halogens is 1. The highest BCUT2D eigenvalue weighted by Crippen LogP contribution is 2.07. The summed E-state index contributed by atoms with van der Waals surface area (Å²) in [7, 11) is 0. The average Bonchev–Trinajstić information content (AvgIpc) is 2.34. The Morgan fingerprint density at radius 3 is 2.47 bits per heavy atom. The van der Waals surface area contributed by atoms with E-state index in [0.717, 1.165) is 5.75 Å². The van der Waals surface area contributed by atoms with E-state index < -0.39 is 17.9 Å². The third-order valence-corrected chi connectivity index (χ3v) is 2.17. The Balaban J connectivity index is 0.00000324. The number of amides is 2. The van der Waals surface area contributed by atoms with Crippen molar-refractivity contribution >= 4 is 24.2 Å². The maximum Gasteiger partial charge on any atom is 0.237 e. The number of nitrogens with two attached hydrogens (primary N) is 2. The zero-order valence-electron chi connectivity index (χ0n) is 10.4. The lowest BCUT2D eigenvalue weighted by molar-refractivity contribution is -0.126. The minimum atomic E-state index is -0.903. The summed E-state index contributed by atoms with van der Waals surface area (Å²) >= 11 is 0. The molecule has 0 aliphatic heterocycles. The summed E-state index contributed by atoms with van der Waals surface area (Å²) in [5.74, 6) is -0.281. The van der Waals surface area contributed by atoms with Gasteiger partial charge in [0.05, 0.1) is 19.0 Å². The monoisotopic (exact) mass is 287 g/mol. The van der Waals surface area contributed by atoms with Gasteiger partial charge in [0.25, 0.3) is 0 Å². The van der Waals surface area contributed by atoms with Crippen LogP contribution in [0.4, 0.5) is 0 Å². The molecule has 0 aromatic heterocycles. The minimum Gasteiger partial charge on any atom is -0.492 e. The number of ether oxygens (including phenoxy) is 1. The van der Waals surface area contributed by atoms with Crippen molar-refractivity contribution in [2.75, 3.05) is 13.2 Å². The van der Waals surface area contributed by atoms with Crippen LogP contribution in [-0.2, 0) is 9.59 Å². The summed E-state index contributed by atoms with van der Waals surface area (Å²) in [6.07, 6.45) is -0.161. The van der Waals surface area contributed by atoms with Gasteiger partial charge in [0.1, 0.15) is 12.4 Å². The lowest BCUT2D eigenvalue weighted by Gasteiger charge is -2.11. The Morgan fingerprint density at radius 1 is 1.26 bits per heavy atom. The number of carbonyl (C=O) groups is 2. The number of para-hydroxylation sites is 1. The van der Waals surface area contributed by atoms with Crippen molar-refractivity contribution < 1.29 is 14.3 Å². The highest BCUT2D eigenvalue weighted by molar-refractivity contribution is 5.87. The molecule has 0 fully saturated rings. The lowest BCUT2D eigenvalue weighted by Crippen LogP contribution is -2.44. The molecule has 0 bridgehead atoms. The second kappa shape index (κ2) is 9.18. The first kappa shape index (κ1) is 17.2. The van der Waals surface area contributed by atoms with E-state index in [-0.39, 0.29) is 18.8 Å². The van der Waals surface area contributed by atoms with E-state index in [1.807, 2.05) is 30.3 Å². The molecule has 1 rings (SSSR count). The molecule has 6 nitrogen and oxygen atoms in total. The van der Waals surface area contributed by atoms with Gasteiger partial charge in [-0.1, -0.05) is 18.2 Å². The van der Waals surface area contributed by atoms with Crippen molar-refractivity contribution in [1.29, 1.82) is 0 Å². The van der Waals surface area contributed by atoms with Crippen molar-refractivity contribution in [2.45, 2.75) is 12.5 Å². The normalized spacial score (nSPS) is 11.0. The van der Waals surface area contributed by atoms with Gasteiger partial charge in [-0.2, -0.15) is 0 Å². The molecular formula is C12H18ClN3O3. The van der Waals surface area contributed by atoms with Crippen LogP contribution >= 0.6 is 12.4 Å². The maximum absolute atomic E-state index is 11.4. The number of rotatable bonds is 7. The molecule has 0 saturated carbocycles.